The van der Waals surface area contributed by atoms with Crippen LogP contribution < -0.4 is 4.74 Å². The number of amides is 1. The second kappa shape index (κ2) is 10.6. The van der Waals surface area contributed by atoms with Crippen molar-refractivity contribution < 1.29 is 19.1 Å². The van der Waals surface area contributed by atoms with Crippen LogP contribution in [0.1, 0.15) is 56.8 Å². The maximum absolute atomic E-state index is 13.3. The van der Waals surface area contributed by atoms with E-state index in [9.17, 15) is 9.59 Å². The Morgan fingerprint density at radius 2 is 2.00 bits per heavy atom. The molecule has 2 unspecified atom stereocenters. The summed E-state index contributed by atoms with van der Waals surface area (Å²) >= 11 is 1.67. The predicted octanol–water partition coefficient (Wildman–Crippen LogP) is 4.36. The molecule has 1 aromatic carbocycles. The van der Waals surface area contributed by atoms with Crippen molar-refractivity contribution in [2.24, 2.45) is 5.92 Å². The lowest BCUT2D eigenvalue weighted by Gasteiger charge is -2.29. The number of methoxy groups -OCH3 is 1. The summed E-state index contributed by atoms with van der Waals surface area (Å²) in [5.74, 6) is 0.903. The number of rotatable bonds is 9. The minimum Gasteiger partial charge on any atom is -0.496 e. The number of nitrogens with zero attached hydrogens (tertiary/aromatic N) is 1. The smallest absolute Gasteiger partial charge is 0.329 e. The van der Waals surface area contributed by atoms with E-state index < -0.39 is 6.04 Å². The molecule has 27 heavy (non-hydrogen) atoms. The molecule has 1 aliphatic heterocycles. The number of hydrogen-bond acceptors (Lipinski definition) is 5. The fourth-order valence-electron chi connectivity index (χ4n) is 3.11. The normalized spacial score (nSPS) is 19.4. The van der Waals surface area contributed by atoms with Crippen molar-refractivity contribution in [1.82, 2.24) is 4.90 Å². The summed E-state index contributed by atoms with van der Waals surface area (Å²) in [5.41, 5.74) is 0.490. The largest absolute Gasteiger partial charge is 0.496 e. The average molecular weight is 394 g/mol. The van der Waals surface area contributed by atoms with Crippen LogP contribution in [-0.4, -0.2) is 47.7 Å². The maximum atomic E-state index is 13.3. The Kier molecular flexibility index (Phi) is 8.48. The summed E-state index contributed by atoms with van der Waals surface area (Å²) in [6, 6.07) is 6.63. The van der Waals surface area contributed by atoms with Gasteiger partial charge in [-0.25, -0.2) is 4.79 Å². The quantitative estimate of drug-likeness (QED) is 0.461. The lowest BCUT2D eigenvalue weighted by Crippen LogP contribution is -2.46. The Morgan fingerprint density at radius 3 is 2.67 bits per heavy atom. The molecule has 1 aliphatic rings. The van der Waals surface area contributed by atoms with Gasteiger partial charge in [0.05, 0.1) is 24.7 Å². The number of unbranched alkanes of at least 4 members (excludes halogenated alkanes) is 2. The van der Waals surface area contributed by atoms with Crippen LogP contribution in [0.4, 0.5) is 0 Å². The lowest BCUT2D eigenvalue weighted by atomic mass is 10.1. The Bertz CT molecular complexity index is 634. The number of ether oxygens (including phenoxy) is 2. The Morgan fingerprint density at radius 1 is 1.26 bits per heavy atom. The van der Waals surface area contributed by atoms with Gasteiger partial charge in [-0.3, -0.25) is 4.79 Å². The third kappa shape index (κ3) is 5.64. The van der Waals surface area contributed by atoms with Crippen molar-refractivity contribution in [2.45, 2.75) is 57.9 Å². The maximum Gasteiger partial charge on any atom is 0.329 e. The standard InChI is InChI=1S/C21H31NO4S/c1-5-6-7-12-19-22(17(14-27-19)21(24)26-13-15(2)3)20(23)16-10-8-9-11-18(16)25-4/h8-11,15,17,19H,5-7,12-14H2,1-4H3. The van der Waals surface area contributed by atoms with Crippen LogP contribution in [0.3, 0.4) is 0 Å². The monoisotopic (exact) mass is 393 g/mol. The molecular formula is C21H31NO4S. The number of para-hydroxylation sites is 1. The zero-order valence-corrected chi connectivity index (χ0v) is 17.6. The lowest BCUT2D eigenvalue weighted by molar-refractivity contribution is -0.149. The summed E-state index contributed by atoms with van der Waals surface area (Å²) in [4.78, 5) is 27.7. The second-order valence-electron chi connectivity index (χ2n) is 7.24. The molecule has 0 aromatic heterocycles. The summed E-state index contributed by atoms with van der Waals surface area (Å²) in [6.07, 6.45) is 4.17. The van der Waals surface area contributed by atoms with E-state index in [-0.39, 0.29) is 23.2 Å². The Hall–Kier alpha value is -1.69. The van der Waals surface area contributed by atoms with Crippen LogP contribution in [-0.2, 0) is 9.53 Å². The van der Waals surface area contributed by atoms with E-state index in [0.29, 0.717) is 23.7 Å². The van der Waals surface area contributed by atoms with E-state index in [4.69, 9.17) is 9.47 Å². The highest BCUT2D eigenvalue weighted by Crippen LogP contribution is 2.35. The summed E-state index contributed by atoms with van der Waals surface area (Å²) in [7, 11) is 1.55. The first kappa shape index (κ1) is 21.6. The third-order valence-electron chi connectivity index (χ3n) is 4.55. The summed E-state index contributed by atoms with van der Waals surface area (Å²) in [6.45, 7) is 6.53. The van der Waals surface area contributed by atoms with Crippen molar-refractivity contribution in [1.29, 1.82) is 0 Å². The predicted molar refractivity (Wildman–Crippen MR) is 109 cm³/mol. The third-order valence-corrected chi connectivity index (χ3v) is 5.91. The SMILES string of the molecule is CCCCCC1SCC(C(=O)OCC(C)C)N1C(=O)c1ccccc1OC. The molecule has 1 heterocycles. The average Bonchev–Trinajstić information content (AvgIpc) is 3.09. The van der Waals surface area contributed by atoms with E-state index in [1.807, 2.05) is 26.0 Å². The fraction of sp³-hybridized carbons (Fsp3) is 0.619. The first-order valence-corrected chi connectivity index (χ1v) is 10.8. The van der Waals surface area contributed by atoms with E-state index in [0.717, 1.165) is 25.7 Å². The molecular weight excluding hydrogens is 362 g/mol. The molecule has 0 radical (unpaired) electrons. The van der Waals surface area contributed by atoms with Crippen LogP contribution >= 0.6 is 11.8 Å². The van der Waals surface area contributed by atoms with Crippen molar-refractivity contribution in [3.63, 3.8) is 0 Å². The van der Waals surface area contributed by atoms with Crippen molar-refractivity contribution in [3.8, 4) is 5.75 Å². The second-order valence-corrected chi connectivity index (χ2v) is 8.45. The molecule has 1 saturated heterocycles. The Balaban J connectivity index is 2.23. The van der Waals surface area contributed by atoms with E-state index in [1.165, 1.54) is 0 Å². The number of thioether (sulfide) groups is 1. The Labute approximate surface area is 166 Å². The fourth-order valence-corrected chi connectivity index (χ4v) is 4.55. The number of carbonyl (C=O) groups is 2. The number of carbonyl (C=O) groups excluding carboxylic acids is 2. The molecule has 2 atom stereocenters. The molecule has 1 amide bonds. The first-order valence-electron chi connectivity index (χ1n) is 9.73. The highest BCUT2D eigenvalue weighted by Gasteiger charge is 2.43. The van der Waals surface area contributed by atoms with Gasteiger partial charge in [-0.1, -0.05) is 52.2 Å². The van der Waals surface area contributed by atoms with Gasteiger partial charge in [-0.2, -0.15) is 0 Å². The van der Waals surface area contributed by atoms with Crippen LogP contribution in [0.5, 0.6) is 5.75 Å². The molecule has 0 aliphatic carbocycles. The van der Waals surface area contributed by atoms with Crippen LogP contribution in [0, 0.1) is 5.92 Å². The highest BCUT2D eigenvalue weighted by atomic mass is 32.2. The molecule has 0 spiro atoms. The summed E-state index contributed by atoms with van der Waals surface area (Å²) < 4.78 is 10.8. The van der Waals surface area contributed by atoms with Gasteiger partial charge < -0.3 is 14.4 Å². The van der Waals surface area contributed by atoms with Crippen molar-refractivity contribution in [2.75, 3.05) is 19.5 Å². The molecule has 0 saturated carbocycles. The van der Waals surface area contributed by atoms with Crippen LogP contribution in [0.2, 0.25) is 0 Å². The number of benzene rings is 1. The molecule has 1 fully saturated rings. The number of esters is 1. The van der Waals surface area contributed by atoms with Gasteiger partial charge in [0.1, 0.15) is 11.8 Å². The van der Waals surface area contributed by atoms with E-state index >= 15 is 0 Å². The summed E-state index contributed by atoms with van der Waals surface area (Å²) in [5, 5.41) is -0.00874. The van der Waals surface area contributed by atoms with Crippen LogP contribution in [0.15, 0.2) is 24.3 Å². The minimum absolute atomic E-state index is 0.00874. The molecule has 6 heteroatoms. The minimum atomic E-state index is -0.544. The van der Waals surface area contributed by atoms with Crippen molar-refractivity contribution in [3.05, 3.63) is 29.8 Å². The van der Waals surface area contributed by atoms with Gasteiger partial charge in [-0.15, -0.1) is 11.8 Å². The van der Waals surface area contributed by atoms with Gasteiger partial charge in [0, 0.05) is 5.75 Å². The van der Waals surface area contributed by atoms with E-state index in [1.54, 1.807) is 35.9 Å². The zero-order chi connectivity index (χ0) is 19.8. The highest BCUT2D eigenvalue weighted by molar-refractivity contribution is 8.00. The number of hydrogen-bond donors (Lipinski definition) is 0. The van der Waals surface area contributed by atoms with Crippen LogP contribution in [0.25, 0.3) is 0 Å². The topological polar surface area (TPSA) is 55.8 Å². The first-order chi connectivity index (χ1) is 13.0. The molecule has 5 nitrogen and oxygen atoms in total. The molecule has 2 rings (SSSR count). The van der Waals surface area contributed by atoms with Gasteiger partial charge in [0.2, 0.25) is 0 Å². The molecule has 150 valence electrons. The van der Waals surface area contributed by atoms with Gasteiger partial charge in [-0.05, 0) is 24.5 Å². The zero-order valence-electron chi connectivity index (χ0n) is 16.8. The van der Waals surface area contributed by atoms with Gasteiger partial charge >= 0.3 is 5.97 Å². The molecule has 0 bridgehead atoms. The van der Waals surface area contributed by atoms with E-state index in [2.05, 4.69) is 6.92 Å². The van der Waals surface area contributed by atoms with Gasteiger partial charge in [0.25, 0.3) is 5.91 Å². The van der Waals surface area contributed by atoms with Gasteiger partial charge in [0.15, 0.2) is 0 Å². The molecule has 0 N–H and O–H groups in total. The molecule has 1 aromatic rings. The van der Waals surface area contributed by atoms with Crippen molar-refractivity contribution >= 4 is 23.6 Å².